The van der Waals surface area contributed by atoms with Gasteiger partial charge in [0.15, 0.2) is 11.8 Å². The number of likely N-dealkylation sites (N-methyl/N-ethyl adjacent to an activating group) is 1. The molecule has 0 amide bonds. The van der Waals surface area contributed by atoms with Gasteiger partial charge in [0.05, 0.1) is 6.61 Å². The predicted molar refractivity (Wildman–Crippen MR) is 95.4 cm³/mol. The number of aliphatic imine (C=N–C) groups is 1. The van der Waals surface area contributed by atoms with E-state index in [1.54, 1.807) is 6.92 Å². The van der Waals surface area contributed by atoms with Crippen LogP contribution in [-0.2, 0) is 11.3 Å². The summed E-state index contributed by atoms with van der Waals surface area (Å²) < 4.78 is 10.6. The Morgan fingerprint density at radius 1 is 1.50 bits per heavy atom. The minimum atomic E-state index is 0. The summed E-state index contributed by atoms with van der Waals surface area (Å²) in [5.41, 5.74) is 0. The monoisotopic (exact) mass is 423 g/mol. The maximum absolute atomic E-state index is 5.66. The first-order valence-corrected chi connectivity index (χ1v) is 7.55. The lowest BCUT2D eigenvalue weighted by Gasteiger charge is -2.21. The lowest BCUT2D eigenvalue weighted by Crippen LogP contribution is -2.40. The van der Waals surface area contributed by atoms with E-state index in [1.165, 1.54) is 12.8 Å². The summed E-state index contributed by atoms with van der Waals surface area (Å²) in [6, 6.07) is 0. The molecule has 1 N–H and O–H groups in total. The molecule has 0 bridgehead atoms. The van der Waals surface area contributed by atoms with E-state index in [4.69, 9.17) is 9.26 Å². The van der Waals surface area contributed by atoms with Crippen LogP contribution in [0.2, 0.25) is 0 Å². The summed E-state index contributed by atoms with van der Waals surface area (Å²) in [6.45, 7) is 7.47. The fourth-order valence-electron chi connectivity index (χ4n) is 1.86. The number of guanidine groups is 1. The van der Waals surface area contributed by atoms with Gasteiger partial charge in [0.25, 0.3) is 0 Å². The summed E-state index contributed by atoms with van der Waals surface area (Å²) in [7, 11) is 2.00. The van der Waals surface area contributed by atoms with Crippen LogP contribution in [0, 0.1) is 12.8 Å². The van der Waals surface area contributed by atoms with E-state index in [2.05, 4.69) is 25.3 Å². The highest BCUT2D eigenvalue weighted by atomic mass is 127. The third kappa shape index (κ3) is 6.91. The smallest absolute Gasteiger partial charge is 0.223 e. The molecular formula is C14H26IN5O2. The number of aromatic nitrogens is 2. The standard InChI is InChI=1S/C14H25N5O2.HI/c1-4-15-14(16-9-13-17-11(2)21-18-13)19(3)7-8-20-10-12-5-6-12;/h12H,4-10H2,1-3H3,(H,15,16);1H. The van der Waals surface area contributed by atoms with Gasteiger partial charge in [-0.3, -0.25) is 0 Å². The van der Waals surface area contributed by atoms with Crippen molar-refractivity contribution in [1.82, 2.24) is 20.4 Å². The Morgan fingerprint density at radius 2 is 2.27 bits per heavy atom. The number of hydrogen-bond donors (Lipinski definition) is 1. The van der Waals surface area contributed by atoms with Crippen molar-refractivity contribution in [3.8, 4) is 0 Å². The van der Waals surface area contributed by atoms with Crippen LogP contribution < -0.4 is 5.32 Å². The summed E-state index contributed by atoms with van der Waals surface area (Å²) in [5, 5.41) is 7.10. The SMILES string of the molecule is CCNC(=NCc1noc(C)n1)N(C)CCOCC1CC1.I. The van der Waals surface area contributed by atoms with Crippen molar-refractivity contribution in [2.75, 3.05) is 33.4 Å². The molecule has 0 unspecified atom stereocenters. The Morgan fingerprint density at radius 3 is 2.86 bits per heavy atom. The molecule has 126 valence electrons. The molecule has 1 fully saturated rings. The number of aryl methyl sites for hydroxylation is 1. The van der Waals surface area contributed by atoms with Gasteiger partial charge in [-0.1, -0.05) is 5.16 Å². The van der Waals surface area contributed by atoms with Gasteiger partial charge in [-0.05, 0) is 25.7 Å². The average molecular weight is 423 g/mol. The van der Waals surface area contributed by atoms with Crippen molar-refractivity contribution in [2.24, 2.45) is 10.9 Å². The zero-order valence-electron chi connectivity index (χ0n) is 13.5. The van der Waals surface area contributed by atoms with E-state index in [-0.39, 0.29) is 24.0 Å². The molecule has 0 saturated heterocycles. The highest BCUT2D eigenvalue weighted by Crippen LogP contribution is 2.28. The van der Waals surface area contributed by atoms with Crippen molar-refractivity contribution >= 4 is 29.9 Å². The lowest BCUT2D eigenvalue weighted by molar-refractivity contribution is 0.115. The number of halogens is 1. The largest absolute Gasteiger partial charge is 0.379 e. The molecule has 1 heterocycles. The molecule has 1 saturated carbocycles. The van der Waals surface area contributed by atoms with Gasteiger partial charge in [0.1, 0.15) is 6.54 Å². The first-order valence-electron chi connectivity index (χ1n) is 7.55. The van der Waals surface area contributed by atoms with Gasteiger partial charge in [-0.2, -0.15) is 4.98 Å². The molecule has 1 aliphatic carbocycles. The second-order valence-electron chi connectivity index (χ2n) is 5.34. The molecule has 1 aliphatic rings. The van der Waals surface area contributed by atoms with Gasteiger partial charge < -0.3 is 19.5 Å². The van der Waals surface area contributed by atoms with Crippen LogP contribution in [0.5, 0.6) is 0 Å². The van der Waals surface area contributed by atoms with Crippen LogP contribution >= 0.6 is 24.0 Å². The first kappa shape index (κ1) is 19.1. The fourth-order valence-corrected chi connectivity index (χ4v) is 1.86. The Labute approximate surface area is 148 Å². The van der Waals surface area contributed by atoms with Gasteiger partial charge in [-0.25, -0.2) is 4.99 Å². The molecule has 1 aromatic rings. The van der Waals surface area contributed by atoms with Crippen LogP contribution in [-0.4, -0.2) is 54.4 Å². The summed E-state index contributed by atoms with van der Waals surface area (Å²) in [6.07, 6.45) is 2.65. The van der Waals surface area contributed by atoms with E-state index in [1.807, 2.05) is 14.0 Å². The molecule has 2 rings (SSSR count). The van der Waals surface area contributed by atoms with Crippen LogP contribution in [0.1, 0.15) is 31.5 Å². The Bertz CT molecular complexity index is 462. The molecule has 7 nitrogen and oxygen atoms in total. The van der Waals surface area contributed by atoms with Gasteiger partial charge in [-0.15, -0.1) is 24.0 Å². The second kappa shape index (κ2) is 9.98. The van der Waals surface area contributed by atoms with E-state index in [0.29, 0.717) is 18.3 Å². The fraction of sp³-hybridized carbons (Fsp3) is 0.786. The van der Waals surface area contributed by atoms with Crippen LogP contribution in [0.25, 0.3) is 0 Å². The minimum Gasteiger partial charge on any atom is -0.379 e. The van der Waals surface area contributed by atoms with Crippen molar-refractivity contribution in [2.45, 2.75) is 33.2 Å². The normalized spacial score (nSPS) is 14.6. The second-order valence-corrected chi connectivity index (χ2v) is 5.34. The molecule has 1 aromatic heterocycles. The number of rotatable bonds is 8. The van der Waals surface area contributed by atoms with Gasteiger partial charge >= 0.3 is 0 Å². The van der Waals surface area contributed by atoms with E-state index < -0.39 is 0 Å². The Kier molecular flexibility index (Phi) is 8.69. The number of ether oxygens (including phenoxy) is 1. The Hall–Kier alpha value is -0.900. The predicted octanol–water partition coefficient (Wildman–Crippen LogP) is 1.82. The van der Waals surface area contributed by atoms with Crippen LogP contribution in [0.15, 0.2) is 9.52 Å². The number of nitrogens with zero attached hydrogens (tertiary/aromatic N) is 4. The Balaban J connectivity index is 0.00000242. The maximum atomic E-state index is 5.66. The average Bonchev–Trinajstić information content (AvgIpc) is 3.20. The molecule has 0 radical (unpaired) electrons. The van der Waals surface area contributed by atoms with Crippen molar-refractivity contribution in [3.63, 3.8) is 0 Å². The first-order chi connectivity index (χ1) is 10.2. The molecule has 22 heavy (non-hydrogen) atoms. The third-order valence-electron chi connectivity index (χ3n) is 3.26. The number of nitrogens with one attached hydrogen (secondary N) is 1. The lowest BCUT2D eigenvalue weighted by atomic mass is 10.5. The molecule has 0 aromatic carbocycles. The van der Waals surface area contributed by atoms with Gasteiger partial charge in [0, 0.05) is 33.7 Å². The highest BCUT2D eigenvalue weighted by molar-refractivity contribution is 14.0. The highest BCUT2D eigenvalue weighted by Gasteiger charge is 2.21. The van der Waals surface area contributed by atoms with E-state index in [0.717, 1.165) is 38.2 Å². The molecule has 0 spiro atoms. The molecule has 0 atom stereocenters. The molecule has 8 heteroatoms. The zero-order chi connectivity index (χ0) is 15.1. The third-order valence-corrected chi connectivity index (χ3v) is 3.26. The van der Waals surface area contributed by atoms with E-state index >= 15 is 0 Å². The maximum Gasteiger partial charge on any atom is 0.223 e. The minimum absolute atomic E-state index is 0. The number of hydrogen-bond acceptors (Lipinski definition) is 5. The summed E-state index contributed by atoms with van der Waals surface area (Å²) in [5.74, 6) is 2.79. The summed E-state index contributed by atoms with van der Waals surface area (Å²) >= 11 is 0. The molecular weight excluding hydrogens is 397 g/mol. The van der Waals surface area contributed by atoms with Crippen molar-refractivity contribution in [3.05, 3.63) is 11.7 Å². The molecule has 0 aliphatic heterocycles. The van der Waals surface area contributed by atoms with Crippen LogP contribution in [0.4, 0.5) is 0 Å². The van der Waals surface area contributed by atoms with Crippen molar-refractivity contribution < 1.29 is 9.26 Å². The van der Waals surface area contributed by atoms with Crippen LogP contribution in [0.3, 0.4) is 0 Å². The van der Waals surface area contributed by atoms with E-state index in [9.17, 15) is 0 Å². The summed E-state index contributed by atoms with van der Waals surface area (Å²) in [4.78, 5) is 10.7. The van der Waals surface area contributed by atoms with Gasteiger partial charge in [0.2, 0.25) is 5.89 Å². The quantitative estimate of drug-likeness (QED) is 0.298. The van der Waals surface area contributed by atoms with Crippen molar-refractivity contribution in [1.29, 1.82) is 0 Å². The zero-order valence-corrected chi connectivity index (χ0v) is 15.9. The topological polar surface area (TPSA) is 75.8 Å².